The van der Waals surface area contributed by atoms with Gasteiger partial charge in [-0.15, -0.1) is 0 Å². The van der Waals surface area contributed by atoms with Crippen molar-refractivity contribution < 1.29 is 13.9 Å². The minimum absolute atomic E-state index is 0.00697. The van der Waals surface area contributed by atoms with E-state index in [2.05, 4.69) is 24.5 Å². The third-order valence-corrected chi connectivity index (χ3v) is 4.12. The van der Waals surface area contributed by atoms with Crippen molar-refractivity contribution in [1.82, 2.24) is 5.32 Å². The van der Waals surface area contributed by atoms with Crippen molar-refractivity contribution in [3.8, 4) is 0 Å². The van der Waals surface area contributed by atoms with Crippen LogP contribution < -0.4 is 10.6 Å². The highest BCUT2D eigenvalue weighted by Crippen LogP contribution is 2.42. The molecule has 110 valence electrons. The van der Waals surface area contributed by atoms with Crippen LogP contribution >= 0.6 is 0 Å². The van der Waals surface area contributed by atoms with E-state index in [1.165, 1.54) is 6.07 Å². The van der Waals surface area contributed by atoms with Gasteiger partial charge in [-0.1, -0.05) is 26.0 Å². The molecule has 0 aromatic heterocycles. The van der Waals surface area contributed by atoms with E-state index in [0.29, 0.717) is 0 Å². The number of hydrogen-bond donors (Lipinski definition) is 2. The van der Waals surface area contributed by atoms with Crippen molar-refractivity contribution >= 4 is 11.6 Å². The van der Waals surface area contributed by atoms with Gasteiger partial charge in [-0.3, -0.25) is 4.79 Å². The van der Waals surface area contributed by atoms with Crippen molar-refractivity contribution in [2.45, 2.75) is 32.4 Å². The molecular weight excluding hydrogens is 259 g/mol. The summed E-state index contributed by atoms with van der Waals surface area (Å²) in [5.74, 6) is -0.670. The molecule has 0 heterocycles. The highest BCUT2D eigenvalue weighted by atomic mass is 19.1. The van der Waals surface area contributed by atoms with E-state index in [4.69, 9.17) is 4.74 Å². The summed E-state index contributed by atoms with van der Waals surface area (Å²) in [5.41, 5.74) is 0.217. The molecule has 0 aliphatic heterocycles. The van der Waals surface area contributed by atoms with E-state index in [1.54, 1.807) is 25.3 Å². The monoisotopic (exact) mass is 280 g/mol. The molecule has 20 heavy (non-hydrogen) atoms. The Kier molecular flexibility index (Phi) is 4.40. The molecule has 1 fully saturated rings. The third-order valence-electron chi connectivity index (χ3n) is 4.12. The minimum atomic E-state index is -0.427. The molecule has 2 rings (SSSR count). The number of amides is 1. The van der Waals surface area contributed by atoms with Crippen LogP contribution in [0.25, 0.3) is 0 Å². The Bertz CT molecular complexity index is 491. The Morgan fingerprint density at radius 2 is 2.15 bits per heavy atom. The number of nitrogens with one attached hydrogen (secondary N) is 2. The molecule has 1 saturated carbocycles. The van der Waals surface area contributed by atoms with Gasteiger partial charge in [-0.05, 0) is 18.6 Å². The van der Waals surface area contributed by atoms with Gasteiger partial charge in [-0.25, -0.2) is 4.39 Å². The van der Waals surface area contributed by atoms with Gasteiger partial charge in [0.1, 0.15) is 5.82 Å². The lowest BCUT2D eigenvalue weighted by Crippen LogP contribution is -2.61. The van der Waals surface area contributed by atoms with Gasteiger partial charge in [0.25, 0.3) is 0 Å². The summed E-state index contributed by atoms with van der Waals surface area (Å²) >= 11 is 0. The molecule has 0 radical (unpaired) electrons. The van der Waals surface area contributed by atoms with Crippen molar-refractivity contribution in [1.29, 1.82) is 0 Å². The predicted molar refractivity (Wildman–Crippen MR) is 76.0 cm³/mol. The van der Waals surface area contributed by atoms with Gasteiger partial charge in [0, 0.05) is 18.6 Å². The lowest BCUT2D eigenvalue weighted by Gasteiger charge is -2.51. The molecule has 0 saturated heterocycles. The number of halogens is 1. The third kappa shape index (κ3) is 2.99. The van der Waals surface area contributed by atoms with E-state index < -0.39 is 5.82 Å². The molecule has 2 atom stereocenters. The Balaban J connectivity index is 1.81. The summed E-state index contributed by atoms with van der Waals surface area (Å²) in [4.78, 5) is 11.8. The van der Waals surface area contributed by atoms with E-state index >= 15 is 0 Å². The molecule has 4 nitrogen and oxygen atoms in total. The van der Waals surface area contributed by atoms with Gasteiger partial charge in [0.05, 0.1) is 18.3 Å². The number of methoxy groups -OCH3 is 1. The number of rotatable bonds is 5. The van der Waals surface area contributed by atoms with Crippen LogP contribution in [-0.2, 0) is 9.53 Å². The quantitative estimate of drug-likeness (QED) is 0.869. The maximum atomic E-state index is 13.4. The first-order chi connectivity index (χ1) is 9.45. The fraction of sp³-hybridized carbons (Fsp3) is 0.533. The second kappa shape index (κ2) is 5.89. The molecule has 1 aromatic carbocycles. The van der Waals surface area contributed by atoms with E-state index in [0.717, 1.165) is 6.42 Å². The summed E-state index contributed by atoms with van der Waals surface area (Å²) < 4.78 is 18.8. The van der Waals surface area contributed by atoms with Crippen LogP contribution in [0, 0.1) is 11.2 Å². The Hall–Kier alpha value is -1.46. The second-order valence-electron chi connectivity index (χ2n) is 5.74. The van der Waals surface area contributed by atoms with Gasteiger partial charge in [0.2, 0.25) is 5.91 Å². The molecule has 2 unspecified atom stereocenters. The standard InChI is InChI=1S/C15H21FN2O2/c1-15(2)12(8-13(15)20-3)17-9-14(19)18-11-7-5-4-6-10(11)16/h4-7,12-13,17H,8-9H2,1-3H3,(H,18,19). The maximum Gasteiger partial charge on any atom is 0.238 e. The van der Waals surface area contributed by atoms with Gasteiger partial charge in [0.15, 0.2) is 0 Å². The summed E-state index contributed by atoms with van der Waals surface area (Å²) in [7, 11) is 1.70. The molecule has 5 heteroatoms. The fourth-order valence-corrected chi connectivity index (χ4v) is 2.60. The van der Waals surface area contributed by atoms with Crippen LogP contribution in [-0.4, -0.2) is 31.7 Å². The highest BCUT2D eigenvalue weighted by Gasteiger charge is 2.48. The van der Waals surface area contributed by atoms with Crippen LogP contribution in [0.15, 0.2) is 24.3 Å². The Labute approximate surface area is 118 Å². The fourth-order valence-electron chi connectivity index (χ4n) is 2.60. The number of carbonyl (C=O) groups excluding carboxylic acids is 1. The summed E-state index contributed by atoms with van der Waals surface area (Å²) in [6.45, 7) is 4.38. The first kappa shape index (κ1) is 14.9. The van der Waals surface area contributed by atoms with Crippen molar-refractivity contribution in [2.24, 2.45) is 5.41 Å². The van der Waals surface area contributed by atoms with Crippen molar-refractivity contribution in [3.63, 3.8) is 0 Å². The number of ether oxygens (including phenoxy) is 1. The van der Waals surface area contributed by atoms with Crippen LogP contribution in [0.3, 0.4) is 0 Å². The SMILES string of the molecule is COC1CC(NCC(=O)Nc2ccccc2F)C1(C)C. The number of hydrogen-bond acceptors (Lipinski definition) is 3. The molecule has 1 aliphatic rings. The van der Waals surface area contributed by atoms with Gasteiger partial charge >= 0.3 is 0 Å². The highest BCUT2D eigenvalue weighted by molar-refractivity contribution is 5.92. The lowest BCUT2D eigenvalue weighted by molar-refractivity contribution is -0.119. The smallest absolute Gasteiger partial charge is 0.238 e. The van der Waals surface area contributed by atoms with E-state index in [-0.39, 0.29) is 35.7 Å². The first-order valence-corrected chi connectivity index (χ1v) is 6.75. The van der Waals surface area contributed by atoms with E-state index in [9.17, 15) is 9.18 Å². The number of anilines is 1. The van der Waals surface area contributed by atoms with Crippen molar-refractivity contribution in [3.05, 3.63) is 30.1 Å². The minimum Gasteiger partial charge on any atom is -0.381 e. The lowest BCUT2D eigenvalue weighted by atomic mass is 9.64. The number of carbonyl (C=O) groups is 1. The first-order valence-electron chi connectivity index (χ1n) is 6.75. The Morgan fingerprint density at radius 1 is 1.45 bits per heavy atom. The molecule has 2 N–H and O–H groups in total. The molecule has 1 aromatic rings. The molecular formula is C15H21FN2O2. The van der Waals surface area contributed by atoms with Crippen LogP contribution in [0.4, 0.5) is 10.1 Å². The Morgan fingerprint density at radius 3 is 2.75 bits per heavy atom. The number of benzene rings is 1. The van der Waals surface area contributed by atoms with Gasteiger partial charge in [-0.2, -0.15) is 0 Å². The summed E-state index contributed by atoms with van der Waals surface area (Å²) in [6, 6.07) is 6.37. The van der Waals surface area contributed by atoms with Crippen LogP contribution in [0.5, 0.6) is 0 Å². The zero-order chi connectivity index (χ0) is 14.8. The van der Waals surface area contributed by atoms with Crippen LogP contribution in [0.1, 0.15) is 20.3 Å². The maximum absolute atomic E-state index is 13.4. The summed E-state index contributed by atoms with van der Waals surface area (Å²) in [5, 5.41) is 5.76. The molecule has 0 spiro atoms. The zero-order valence-corrected chi connectivity index (χ0v) is 12.1. The largest absolute Gasteiger partial charge is 0.381 e. The van der Waals surface area contributed by atoms with Crippen molar-refractivity contribution in [2.75, 3.05) is 19.0 Å². The van der Waals surface area contributed by atoms with E-state index in [1.807, 2.05) is 0 Å². The second-order valence-corrected chi connectivity index (χ2v) is 5.74. The average molecular weight is 280 g/mol. The average Bonchev–Trinajstić information content (AvgIpc) is 2.40. The zero-order valence-electron chi connectivity index (χ0n) is 12.1. The topological polar surface area (TPSA) is 50.4 Å². The molecule has 0 bridgehead atoms. The number of para-hydroxylation sites is 1. The summed E-state index contributed by atoms with van der Waals surface area (Å²) in [6.07, 6.45) is 1.10. The molecule has 1 aliphatic carbocycles. The van der Waals surface area contributed by atoms with Crippen LogP contribution in [0.2, 0.25) is 0 Å². The van der Waals surface area contributed by atoms with Gasteiger partial charge < -0.3 is 15.4 Å². The predicted octanol–water partition coefficient (Wildman–Crippen LogP) is 2.17. The molecule has 1 amide bonds. The normalized spacial score (nSPS) is 24.0.